The molecule has 1 aliphatic heterocycles. The molecule has 110 valence electrons. The average Bonchev–Trinajstić information content (AvgIpc) is 2.53. The number of piperidine rings is 1. The van der Waals surface area contributed by atoms with Crippen molar-refractivity contribution in [1.29, 1.82) is 0 Å². The van der Waals surface area contributed by atoms with Crippen molar-refractivity contribution in [3.8, 4) is 0 Å². The van der Waals surface area contributed by atoms with Crippen LogP contribution in [0.25, 0.3) is 0 Å². The Labute approximate surface area is 119 Å². The van der Waals surface area contributed by atoms with Gasteiger partial charge >= 0.3 is 0 Å². The van der Waals surface area contributed by atoms with Crippen LogP contribution in [0.5, 0.6) is 0 Å². The highest BCUT2D eigenvalue weighted by molar-refractivity contribution is 5.91. The molecule has 0 aliphatic carbocycles. The highest BCUT2D eigenvalue weighted by atomic mass is 16.5. The van der Waals surface area contributed by atoms with E-state index in [0.717, 1.165) is 45.0 Å². The van der Waals surface area contributed by atoms with Crippen LogP contribution in [-0.4, -0.2) is 49.5 Å². The van der Waals surface area contributed by atoms with Crippen molar-refractivity contribution < 1.29 is 9.53 Å². The molecule has 0 atom stereocenters. The minimum atomic E-state index is -0.209. The van der Waals surface area contributed by atoms with Crippen molar-refractivity contribution in [2.24, 2.45) is 5.92 Å². The van der Waals surface area contributed by atoms with E-state index in [4.69, 9.17) is 4.74 Å². The SMILES string of the molecule is CCOCC1CCN(c2ccc(C(=O)NC)nn2)CC1. The maximum absolute atomic E-state index is 11.4. The van der Waals surface area contributed by atoms with E-state index in [1.54, 1.807) is 13.1 Å². The normalized spacial score (nSPS) is 16.2. The molecule has 0 saturated carbocycles. The second kappa shape index (κ2) is 7.19. The molecule has 1 saturated heterocycles. The summed E-state index contributed by atoms with van der Waals surface area (Å²) in [4.78, 5) is 13.6. The highest BCUT2D eigenvalue weighted by Gasteiger charge is 2.20. The lowest BCUT2D eigenvalue weighted by Gasteiger charge is -2.32. The van der Waals surface area contributed by atoms with Crippen molar-refractivity contribution in [2.75, 3.05) is 38.3 Å². The van der Waals surface area contributed by atoms with Gasteiger partial charge in [0.2, 0.25) is 0 Å². The quantitative estimate of drug-likeness (QED) is 0.873. The van der Waals surface area contributed by atoms with Crippen molar-refractivity contribution in [1.82, 2.24) is 15.5 Å². The second-order valence-corrected chi connectivity index (χ2v) is 4.95. The molecule has 6 nitrogen and oxygen atoms in total. The third kappa shape index (κ3) is 3.66. The van der Waals surface area contributed by atoms with Gasteiger partial charge in [0.05, 0.1) is 0 Å². The minimum Gasteiger partial charge on any atom is -0.381 e. The van der Waals surface area contributed by atoms with E-state index >= 15 is 0 Å². The first kappa shape index (κ1) is 14.7. The smallest absolute Gasteiger partial charge is 0.271 e. The summed E-state index contributed by atoms with van der Waals surface area (Å²) in [6.07, 6.45) is 2.22. The molecular formula is C14H22N4O2. The van der Waals surface area contributed by atoms with Gasteiger partial charge in [-0.3, -0.25) is 4.79 Å². The first-order chi connectivity index (χ1) is 9.74. The van der Waals surface area contributed by atoms with Gasteiger partial charge in [-0.15, -0.1) is 10.2 Å². The van der Waals surface area contributed by atoms with E-state index < -0.39 is 0 Å². The topological polar surface area (TPSA) is 67.3 Å². The maximum atomic E-state index is 11.4. The van der Waals surface area contributed by atoms with Gasteiger partial charge in [-0.05, 0) is 37.8 Å². The van der Waals surface area contributed by atoms with Gasteiger partial charge in [0.15, 0.2) is 11.5 Å². The van der Waals surface area contributed by atoms with Gasteiger partial charge in [0.25, 0.3) is 5.91 Å². The second-order valence-electron chi connectivity index (χ2n) is 4.95. The van der Waals surface area contributed by atoms with Crippen LogP contribution in [0.4, 0.5) is 5.82 Å². The van der Waals surface area contributed by atoms with E-state index in [9.17, 15) is 4.79 Å². The van der Waals surface area contributed by atoms with Crippen LogP contribution < -0.4 is 10.2 Å². The Bertz CT molecular complexity index is 427. The van der Waals surface area contributed by atoms with E-state index in [1.165, 1.54) is 0 Å². The molecule has 1 aromatic heterocycles. The Balaban J connectivity index is 1.89. The molecule has 0 bridgehead atoms. The van der Waals surface area contributed by atoms with Crippen molar-refractivity contribution in [3.63, 3.8) is 0 Å². The molecule has 1 fully saturated rings. The number of hydrogen-bond acceptors (Lipinski definition) is 5. The molecule has 20 heavy (non-hydrogen) atoms. The average molecular weight is 278 g/mol. The van der Waals surface area contributed by atoms with E-state index in [2.05, 4.69) is 20.4 Å². The fourth-order valence-corrected chi connectivity index (χ4v) is 2.36. The van der Waals surface area contributed by atoms with Gasteiger partial charge in [-0.25, -0.2) is 0 Å². The Morgan fingerprint density at radius 1 is 1.40 bits per heavy atom. The van der Waals surface area contributed by atoms with Gasteiger partial charge in [0.1, 0.15) is 0 Å². The third-order valence-electron chi connectivity index (χ3n) is 3.61. The van der Waals surface area contributed by atoms with Crippen LogP contribution in [0.2, 0.25) is 0 Å². The number of carbonyl (C=O) groups is 1. The van der Waals surface area contributed by atoms with Crippen LogP contribution in [0, 0.1) is 5.92 Å². The zero-order valence-electron chi connectivity index (χ0n) is 12.1. The molecule has 1 aromatic rings. The number of amides is 1. The molecule has 1 aliphatic rings. The monoisotopic (exact) mass is 278 g/mol. The van der Waals surface area contributed by atoms with Gasteiger partial charge in [0, 0.05) is 33.4 Å². The Morgan fingerprint density at radius 2 is 2.15 bits per heavy atom. The number of aromatic nitrogens is 2. The first-order valence-corrected chi connectivity index (χ1v) is 7.13. The number of ether oxygens (including phenoxy) is 1. The first-order valence-electron chi connectivity index (χ1n) is 7.13. The number of nitrogens with zero attached hydrogens (tertiary/aromatic N) is 3. The fraction of sp³-hybridized carbons (Fsp3) is 0.643. The predicted octanol–water partition coefficient (Wildman–Crippen LogP) is 1.09. The molecule has 2 rings (SSSR count). The zero-order chi connectivity index (χ0) is 14.4. The molecular weight excluding hydrogens is 256 g/mol. The molecule has 0 unspecified atom stereocenters. The molecule has 1 amide bonds. The lowest BCUT2D eigenvalue weighted by Crippen LogP contribution is -2.36. The van der Waals surface area contributed by atoms with Crippen LogP contribution in [0.15, 0.2) is 12.1 Å². The third-order valence-corrected chi connectivity index (χ3v) is 3.61. The van der Waals surface area contributed by atoms with E-state index in [1.807, 2.05) is 13.0 Å². The maximum Gasteiger partial charge on any atom is 0.271 e. The van der Waals surface area contributed by atoms with Crippen molar-refractivity contribution in [3.05, 3.63) is 17.8 Å². The van der Waals surface area contributed by atoms with Crippen LogP contribution in [0.3, 0.4) is 0 Å². The van der Waals surface area contributed by atoms with Crippen LogP contribution in [0.1, 0.15) is 30.3 Å². The Kier molecular flexibility index (Phi) is 5.29. The summed E-state index contributed by atoms with van der Waals surface area (Å²) in [5.74, 6) is 1.27. The predicted molar refractivity (Wildman–Crippen MR) is 76.9 cm³/mol. The molecule has 0 aromatic carbocycles. The van der Waals surface area contributed by atoms with Crippen LogP contribution >= 0.6 is 0 Å². The van der Waals surface area contributed by atoms with E-state index in [-0.39, 0.29) is 5.91 Å². The van der Waals surface area contributed by atoms with Crippen LogP contribution in [-0.2, 0) is 4.74 Å². The van der Waals surface area contributed by atoms with Crippen molar-refractivity contribution >= 4 is 11.7 Å². The molecule has 0 radical (unpaired) electrons. The standard InChI is InChI=1S/C14H22N4O2/c1-3-20-10-11-6-8-18(9-7-11)13-5-4-12(16-17-13)14(19)15-2/h4-5,11H,3,6-10H2,1-2H3,(H,15,19). The summed E-state index contributed by atoms with van der Waals surface area (Å²) < 4.78 is 5.48. The molecule has 6 heteroatoms. The minimum absolute atomic E-state index is 0.209. The molecule has 0 spiro atoms. The van der Waals surface area contributed by atoms with E-state index in [0.29, 0.717) is 11.6 Å². The zero-order valence-corrected chi connectivity index (χ0v) is 12.1. The lowest BCUT2D eigenvalue weighted by atomic mass is 9.98. The molecule has 2 heterocycles. The summed E-state index contributed by atoms with van der Waals surface area (Å²) in [7, 11) is 1.58. The van der Waals surface area contributed by atoms with Gasteiger partial charge < -0.3 is 15.0 Å². The summed E-state index contributed by atoms with van der Waals surface area (Å²) in [6.45, 7) is 5.59. The fourth-order valence-electron chi connectivity index (χ4n) is 2.36. The highest BCUT2D eigenvalue weighted by Crippen LogP contribution is 2.21. The lowest BCUT2D eigenvalue weighted by molar-refractivity contribution is 0.0956. The van der Waals surface area contributed by atoms with Gasteiger partial charge in [-0.2, -0.15) is 0 Å². The van der Waals surface area contributed by atoms with Gasteiger partial charge in [-0.1, -0.05) is 0 Å². The Hall–Kier alpha value is -1.69. The summed E-state index contributed by atoms with van der Waals surface area (Å²) >= 11 is 0. The Morgan fingerprint density at radius 3 is 2.70 bits per heavy atom. The number of nitrogens with one attached hydrogen (secondary N) is 1. The number of carbonyl (C=O) groups excluding carboxylic acids is 1. The summed E-state index contributed by atoms with van der Waals surface area (Å²) in [6, 6.07) is 3.58. The summed E-state index contributed by atoms with van der Waals surface area (Å²) in [5.41, 5.74) is 0.350. The summed E-state index contributed by atoms with van der Waals surface area (Å²) in [5, 5.41) is 10.6. The molecule has 1 N–H and O–H groups in total. The number of hydrogen-bond donors (Lipinski definition) is 1. The largest absolute Gasteiger partial charge is 0.381 e. The number of rotatable bonds is 5. The van der Waals surface area contributed by atoms with Crippen molar-refractivity contribution in [2.45, 2.75) is 19.8 Å². The number of anilines is 1.